The largest absolute Gasteiger partial charge is 0.479 e. The minimum atomic E-state index is -2.24. The number of allylic oxidation sites excluding steroid dienone is 4. The van der Waals surface area contributed by atoms with Crippen molar-refractivity contribution in [2.75, 3.05) is 0 Å². The Kier molecular flexibility index (Phi) is 3.99. The lowest BCUT2D eigenvalue weighted by molar-refractivity contribution is -0.251. The third-order valence-corrected chi connectivity index (χ3v) is 9.04. The van der Waals surface area contributed by atoms with E-state index in [1.165, 1.54) is 13.0 Å². The maximum absolute atomic E-state index is 17.1. The van der Waals surface area contributed by atoms with E-state index in [-0.39, 0.29) is 31.3 Å². The molecular formula is C23H28F2O6. The Morgan fingerprint density at radius 3 is 2.55 bits per heavy atom. The molecule has 4 aliphatic carbocycles. The number of aliphatic hydroxyl groups excluding tert-OH is 1. The number of rotatable bonds is 1. The Labute approximate surface area is 179 Å². The first-order chi connectivity index (χ1) is 14.2. The summed E-state index contributed by atoms with van der Waals surface area (Å²) in [5, 5.41) is 21.5. The van der Waals surface area contributed by atoms with Gasteiger partial charge in [-0.15, -0.1) is 0 Å². The van der Waals surface area contributed by atoms with Crippen LogP contribution in [0.5, 0.6) is 0 Å². The minimum Gasteiger partial charge on any atom is -0.479 e. The normalized spacial score (nSPS) is 52.4. The summed E-state index contributed by atoms with van der Waals surface area (Å²) in [5.41, 5.74) is -6.43. The van der Waals surface area contributed by atoms with Crippen LogP contribution in [-0.2, 0) is 19.1 Å². The van der Waals surface area contributed by atoms with E-state index in [0.717, 1.165) is 6.08 Å². The summed E-state index contributed by atoms with van der Waals surface area (Å²) in [5.74, 6) is -5.21. The number of ketones is 1. The van der Waals surface area contributed by atoms with Crippen LogP contribution in [-0.4, -0.2) is 51.2 Å². The maximum atomic E-state index is 17.1. The second-order valence-electron chi connectivity index (χ2n) is 10.7. The van der Waals surface area contributed by atoms with E-state index in [2.05, 4.69) is 0 Å². The second kappa shape index (κ2) is 5.83. The highest BCUT2D eigenvalue weighted by Crippen LogP contribution is 2.72. The van der Waals surface area contributed by atoms with E-state index in [4.69, 9.17) is 9.47 Å². The summed E-state index contributed by atoms with van der Waals surface area (Å²) in [7, 11) is 0. The van der Waals surface area contributed by atoms with Gasteiger partial charge >= 0.3 is 5.97 Å². The zero-order valence-electron chi connectivity index (χ0n) is 18.1. The highest BCUT2D eigenvalue weighted by atomic mass is 19.1. The molecule has 170 valence electrons. The van der Waals surface area contributed by atoms with Crippen molar-refractivity contribution < 1.29 is 38.1 Å². The third-order valence-electron chi connectivity index (χ3n) is 9.04. The summed E-state index contributed by atoms with van der Waals surface area (Å²) >= 11 is 0. The van der Waals surface area contributed by atoms with Gasteiger partial charge in [0.15, 0.2) is 22.9 Å². The van der Waals surface area contributed by atoms with E-state index in [1.54, 1.807) is 20.8 Å². The lowest BCUT2D eigenvalue weighted by Crippen LogP contribution is -2.69. The van der Waals surface area contributed by atoms with Gasteiger partial charge in [0.1, 0.15) is 6.10 Å². The predicted molar refractivity (Wildman–Crippen MR) is 104 cm³/mol. The van der Waals surface area contributed by atoms with Gasteiger partial charge in [0.2, 0.25) is 5.78 Å². The molecule has 2 N–H and O–H groups in total. The van der Waals surface area contributed by atoms with Crippen molar-refractivity contribution in [3.05, 3.63) is 23.6 Å². The molecule has 3 saturated carbocycles. The van der Waals surface area contributed by atoms with Crippen LogP contribution in [0.2, 0.25) is 0 Å². The Hall–Kier alpha value is -1.64. The Bertz CT molecular complexity index is 958. The molecule has 0 aromatic carbocycles. The zero-order valence-corrected chi connectivity index (χ0v) is 18.1. The summed E-state index contributed by atoms with van der Waals surface area (Å²) < 4.78 is 43.8. The molecular weight excluding hydrogens is 410 g/mol. The van der Waals surface area contributed by atoms with Crippen LogP contribution in [0.25, 0.3) is 0 Å². The third kappa shape index (κ3) is 2.17. The average molecular weight is 438 g/mol. The van der Waals surface area contributed by atoms with E-state index in [1.807, 2.05) is 0 Å². The van der Waals surface area contributed by atoms with Crippen molar-refractivity contribution in [2.45, 2.75) is 82.6 Å². The van der Waals surface area contributed by atoms with Crippen molar-refractivity contribution in [1.29, 1.82) is 0 Å². The number of hydrogen-bond donors (Lipinski definition) is 2. The van der Waals surface area contributed by atoms with Crippen molar-refractivity contribution in [3.63, 3.8) is 0 Å². The van der Waals surface area contributed by atoms with E-state index in [0.29, 0.717) is 0 Å². The molecule has 8 atom stereocenters. The fourth-order valence-electron chi connectivity index (χ4n) is 7.76. The average Bonchev–Trinajstić information content (AvgIpc) is 3.07. The van der Waals surface area contributed by atoms with Gasteiger partial charge in [0.25, 0.3) is 0 Å². The van der Waals surface area contributed by atoms with E-state index in [9.17, 15) is 24.2 Å². The zero-order chi connectivity index (χ0) is 22.8. The van der Waals surface area contributed by atoms with Crippen molar-refractivity contribution >= 4 is 11.8 Å². The number of fused-ring (bicyclic) bond motifs is 7. The maximum Gasteiger partial charge on any atom is 0.339 e. The molecule has 0 radical (unpaired) electrons. The van der Waals surface area contributed by atoms with Gasteiger partial charge in [-0.2, -0.15) is 0 Å². The number of aliphatic hydroxyl groups is 1. The Morgan fingerprint density at radius 1 is 1.23 bits per heavy atom. The molecule has 4 fully saturated rings. The number of ether oxygens (including phenoxy) is 2. The number of carbonyl (C=O) groups excluding carboxylic acids is 1. The fraction of sp³-hybridized carbons (Fsp3) is 0.739. The molecule has 5 aliphatic rings. The smallest absolute Gasteiger partial charge is 0.339 e. The number of hydrogen-bond acceptors (Lipinski definition) is 5. The molecule has 0 unspecified atom stereocenters. The quantitative estimate of drug-likeness (QED) is 0.653. The number of alkyl halides is 1. The summed E-state index contributed by atoms with van der Waals surface area (Å²) in [6.45, 7) is 6.58. The molecule has 5 rings (SSSR count). The number of carboxylic acid groups (broad SMARTS) is 1. The number of carbonyl (C=O) groups is 2. The van der Waals surface area contributed by atoms with Gasteiger partial charge in [-0.1, -0.05) is 13.0 Å². The number of halogens is 2. The molecule has 0 aromatic heterocycles. The van der Waals surface area contributed by atoms with Gasteiger partial charge in [0, 0.05) is 16.7 Å². The molecule has 6 nitrogen and oxygen atoms in total. The first kappa shape index (κ1) is 21.2. The van der Waals surface area contributed by atoms with Crippen LogP contribution in [0, 0.1) is 22.7 Å². The lowest BCUT2D eigenvalue weighted by Gasteiger charge is -2.62. The highest BCUT2D eigenvalue weighted by Gasteiger charge is 2.80. The molecule has 1 aliphatic heterocycles. The monoisotopic (exact) mass is 438 g/mol. The topological polar surface area (TPSA) is 93.1 Å². The first-order valence-corrected chi connectivity index (χ1v) is 10.9. The van der Waals surface area contributed by atoms with Gasteiger partial charge in [0.05, 0.1) is 6.10 Å². The van der Waals surface area contributed by atoms with Crippen LogP contribution in [0.4, 0.5) is 8.78 Å². The van der Waals surface area contributed by atoms with Crippen molar-refractivity contribution in [2.24, 2.45) is 22.7 Å². The van der Waals surface area contributed by atoms with Gasteiger partial charge < -0.3 is 19.7 Å². The van der Waals surface area contributed by atoms with Crippen LogP contribution < -0.4 is 0 Å². The predicted octanol–water partition coefficient (Wildman–Crippen LogP) is 3.24. The highest BCUT2D eigenvalue weighted by molar-refractivity contribution is 6.04. The molecule has 1 heterocycles. The van der Waals surface area contributed by atoms with Crippen molar-refractivity contribution in [3.8, 4) is 0 Å². The van der Waals surface area contributed by atoms with Crippen LogP contribution in [0.3, 0.4) is 0 Å². The summed E-state index contributed by atoms with van der Waals surface area (Å²) in [6, 6.07) is 0. The van der Waals surface area contributed by atoms with Crippen LogP contribution in [0.1, 0.15) is 53.4 Å². The van der Waals surface area contributed by atoms with E-state index < -0.39 is 69.5 Å². The van der Waals surface area contributed by atoms with Gasteiger partial charge in [-0.3, -0.25) is 4.79 Å². The molecule has 31 heavy (non-hydrogen) atoms. The molecule has 1 saturated heterocycles. The Morgan fingerprint density at radius 2 is 1.90 bits per heavy atom. The number of carboxylic acids is 1. The van der Waals surface area contributed by atoms with Crippen LogP contribution >= 0.6 is 0 Å². The van der Waals surface area contributed by atoms with E-state index >= 15 is 4.39 Å². The molecule has 0 spiro atoms. The molecule has 0 amide bonds. The lowest BCUT2D eigenvalue weighted by atomic mass is 9.44. The second-order valence-corrected chi connectivity index (χ2v) is 10.7. The summed E-state index contributed by atoms with van der Waals surface area (Å²) in [4.78, 5) is 24.5. The Balaban J connectivity index is 1.65. The minimum absolute atomic E-state index is 0.0844. The fourth-order valence-corrected chi connectivity index (χ4v) is 7.76. The standard InChI is InChI=1S/C23H28F2O6/c1-19(2)30-16-9-13-11-5-6-12-17(24)14(26)7-8-20(12,3)22(11,25)15(27)10-21(13,4)23(16,31-19)18(28)29/h7-8,11,13,15-16,27H,5-6,9-10H2,1-4H3,(H,28,29)/t11-,13-,15-,16+,20-,21-,22-,23-/m0/s1. The molecule has 0 bridgehead atoms. The van der Waals surface area contributed by atoms with Gasteiger partial charge in [-0.25, -0.2) is 13.6 Å². The van der Waals surface area contributed by atoms with Gasteiger partial charge in [-0.05, 0) is 64.0 Å². The SMILES string of the molecule is CC1(C)O[C@@H]2C[C@H]3[C@@H]4CCC5=C(F)C(=O)C=C[C@]5(C)[C@@]4(F)[C@@H](O)C[C@]3(C)[C@]2(C(=O)O)O1. The number of aliphatic carboxylic acids is 1. The first-order valence-electron chi connectivity index (χ1n) is 10.9. The molecule has 8 heteroatoms. The summed E-state index contributed by atoms with van der Waals surface area (Å²) in [6.07, 6.45) is 0.561. The molecule has 0 aromatic rings. The van der Waals surface area contributed by atoms with Crippen LogP contribution in [0.15, 0.2) is 23.6 Å². The van der Waals surface area contributed by atoms with Crippen molar-refractivity contribution in [1.82, 2.24) is 0 Å².